The van der Waals surface area contributed by atoms with Crippen LogP contribution in [0.2, 0.25) is 0 Å². The van der Waals surface area contributed by atoms with Crippen molar-refractivity contribution in [1.82, 2.24) is 0 Å². The van der Waals surface area contributed by atoms with Gasteiger partial charge in [-0.1, -0.05) is 73.5 Å². The first-order valence-corrected chi connectivity index (χ1v) is 14.5. The van der Waals surface area contributed by atoms with Gasteiger partial charge in [0.15, 0.2) is 0 Å². The third-order valence-corrected chi connectivity index (χ3v) is 9.57. The van der Waals surface area contributed by atoms with Crippen molar-refractivity contribution in [3.05, 3.63) is 79.2 Å². The molecule has 7 rings (SSSR count). The second-order valence-corrected chi connectivity index (χ2v) is 11.6. The molecule has 38 heavy (non-hydrogen) atoms. The van der Waals surface area contributed by atoms with Crippen LogP contribution in [0, 0.1) is 30.1 Å². The summed E-state index contributed by atoms with van der Waals surface area (Å²) in [7, 11) is 0. The average molecular weight is 676 g/mol. The zero-order valence-electron chi connectivity index (χ0n) is 22.1. The molecule has 197 valence electrons. The molecule has 0 spiro atoms. The molecule has 0 amide bonds. The molecule has 2 aliphatic carbocycles. The molecule has 2 nitrogen and oxygen atoms in total. The monoisotopic (exact) mass is 676 g/mol. The molecule has 2 fully saturated rings. The smallest absolute Gasteiger partial charge is 0.127 e. The van der Waals surface area contributed by atoms with Gasteiger partial charge in [-0.3, -0.25) is 0 Å². The first kappa shape index (κ1) is 25.9. The van der Waals surface area contributed by atoms with E-state index < -0.39 is 0 Å². The molecule has 3 heteroatoms. The van der Waals surface area contributed by atoms with Gasteiger partial charge in [0, 0.05) is 37.5 Å². The van der Waals surface area contributed by atoms with Gasteiger partial charge >= 0.3 is 0 Å². The van der Waals surface area contributed by atoms with Gasteiger partial charge in [0.25, 0.3) is 0 Å². The number of hydrogen-bond donors (Lipinski definition) is 0. The van der Waals surface area contributed by atoms with E-state index in [1.165, 1.54) is 84.0 Å². The molecule has 1 heterocycles. The number of ether oxygens (including phenoxy) is 2. The number of fused-ring (bicyclic) bond motifs is 7. The van der Waals surface area contributed by atoms with Crippen molar-refractivity contribution in [3.63, 3.8) is 0 Å². The van der Waals surface area contributed by atoms with Crippen LogP contribution in [0.1, 0.15) is 51.4 Å². The fourth-order valence-electron chi connectivity index (χ4n) is 7.49. The van der Waals surface area contributed by atoms with Gasteiger partial charge in [-0.2, -0.15) is 12.8 Å². The quantitative estimate of drug-likeness (QED) is 0.197. The van der Waals surface area contributed by atoms with Crippen LogP contribution >= 0.6 is 0 Å². The first-order chi connectivity index (χ1) is 18.3. The van der Waals surface area contributed by atoms with Crippen molar-refractivity contribution in [2.45, 2.75) is 51.4 Å². The Bertz CT molecular complexity index is 1310. The standard InChI is InChI=1S/C35H37O2.Re/c1-2-8-24(9-3-1)25-14-16-26(17-15-25)29-22-36-32-20-18-27-10-4-6-12-30(27)34(32)35-31-13-7-5-11-28(31)19-21-33(35)37-23-29;/h1,4-7,10-13,18-21,24-26,29H,2-3,8-9,14-17,22-23H2;/q-1;. The minimum absolute atomic E-state index is 0. The summed E-state index contributed by atoms with van der Waals surface area (Å²) in [6, 6.07) is 26.1. The van der Waals surface area contributed by atoms with E-state index in [-0.39, 0.29) is 20.4 Å². The van der Waals surface area contributed by atoms with Crippen LogP contribution in [0.4, 0.5) is 0 Å². The minimum atomic E-state index is 0. The molecule has 3 aliphatic rings. The Labute approximate surface area is 240 Å². The molecular formula is C35H37O2Re-. The van der Waals surface area contributed by atoms with Gasteiger partial charge in [0.2, 0.25) is 0 Å². The van der Waals surface area contributed by atoms with Gasteiger partial charge in [-0.05, 0) is 77.1 Å². The van der Waals surface area contributed by atoms with Crippen molar-refractivity contribution in [2.75, 3.05) is 13.2 Å². The van der Waals surface area contributed by atoms with E-state index in [2.05, 4.69) is 79.2 Å². The van der Waals surface area contributed by atoms with Gasteiger partial charge in [-0.25, -0.2) is 0 Å². The number of benzene rings is 4. The molecule has 4 aromatic carbocycles. The molecule has 0 aromatic heterocycles. The Morgan fingerprint density at radius 2 is 0.947 bits per heavy atom. The second kappa shape index (κ2) is 11.4. The Morgan fingerprint density at radius 3 is 1.47 bits per heavy atom. The van der Waals surface area contributed by atoms with Crippen molar-refractivity contribution >= 4 is 21.5 Å². The number of rotatable bonds is 2. The summed E-state index contributed by atoms with van der Waals surface area (Å²) in [6.45, 7) is 1.45. The third-order valence-electron chi connectivity index (χ3n) is 9.57. The molecule has 0 unspecified atom stereocenters. The Kier molecular flexibility index (Phi) is 7.78. The number of hydrogen-bond acceptors (Lipinski definition) is 2. The summed E-state index contributed by atoms with van der Waals surface area (Å²) in [5, 5.41) is 4.92. The zero-order chi connectivity index (χ0) is 24.6. The Morgan fingerprint density at radius 1 is 0.500 bits per heavy atom. The summed E-state index contributed by atoms with van der Waals surface area (Å²) in [5.74, 6) is 4.95. The van der Waals surface area contributed by atoms with E-state index in [1.54, 1.807) is 0 Å². The van der Waals surface area contributed by atoms with Gasteiger partial charge < -0.3 is 15.9 Å². The van der Waals surface area contributed by atoms with E-state index >= 15 is 0 Å². The van der Waals surface area contributed by atoms with E-state index in [0.29, 0.717) is 11.8 Å². The fraction of sp³-hybridized carbons (Fsp3) is 0.400. The molecule has 1 aliphatic heterocycles. The van der Waals surface area contributed by atoms with Crippen LogP contribution in [0.25, 0.3) is 32.7 Å². The molecule has 0 bridgehead atoms. The van der Waals surface area contributed by atoms with Crippen LogP contribution in [0.15, 0.2) is 72.8 Å². The summed E-state index contributed by atoms with van der Waals surface area (Å²) in [4.78, 5) is 0. The summed E-state index contributed by atoms with van der Waals surface area (Å²) in [5.41, 5.74) is 2.34. The van der Waals surface area contributed by atoms with Crippen LogP contribution in [-0.4, -0.2) is 13.2 Å². The van der Waals surface area contributed by atoms with E-state index in [0.717, 1.165) is 36.5 Å². The predicted octanol–water partition coefficient (Wildman–Crippen LogP) is 9.25. The third kappa shape index (κ3) is 4.89. The van der Waals surface area contributed by atoms with Gasteiger partial charge in [0.1, 0.15) is 11.5 Å². The van der Waals surface area contributed by atoms with E-state index in [1.807, 2.05) is 0 Å². The largest absolute Gasteiger partial charge is 0.492 e. The van der Waals surface area contributed by atoms with Crippen LogP contribution in [-0.2, 0) is 20.4 Å². The normalized spacial score (nSPS) is 22.6. The van der Waals surface area contributed by atoms with Gasteiger partial charge in [0.05, 0.1) is 13.2 Å². The maximum atomic E-state index is 6.75. The topological polar surface area (TPSA) is 18.5 Å². The van der Waals surface area contributed by atoms with Crippen molar-refractivity contribution in [3.8, 4) is 22.6 Å². The molecular weight excluding hydrogens is 639 g/mol. The van der Waals surface area contributed by atoms with E-state index in [4.69, 9.17) is 9.47 Å². The summed E-state index contributed by atoms with van der Waals surface area (Å²) >= 11 is 0. The van der Waals surface area contributed by atoms with Crippen LogP contribution in [0.3, 0.4) is 0 Å². The minimum Gasteiger partial charge on any atom is -0.492 e. The van der Waals surface area contributed by atoms with Crippen LogP contribution < -0.4 is 9.47 Å². The summed E-state index contributed by atoms with van der Waals surface area (Å²) in [6.07, 6.45) is 13.4. The van der Waals surface area contributed by atoms with E-state index in [9.17, 15) is 0 Å². The van der Waals surface area contributed by atoms with Gasteiger partial charge in [-0.15, -0.1) is 0 Å². The predicted molar refractivity (Wildman–Crippen MR) is 153 cm³/mol. The molecule has 1 radical (unpaired) electrons. The SMILES string of the molecule is [Re].c1ccc2c3c(ccc2c1)OCC(C1CCC(C2CC[CH-]CC2)CC1)COc1ccc2ccccc2c1-3. The maximum absolute atomic E-state index is 6.75. The molecule has 0 saturated heterocycles. The molecule has 0 N–H and O–H groups in total. The Balaban J connectivity index is 0.00000264. The summed E-state index contributed by atoms with van der Waals surface area (Å²) < 4.78 is 13.5. The Hall–Kier alpha value is -2.34. The molecule has 2 saturated carbocycles. The average Bonchev–Trinajstić information content (AvgIpc) is 3.05. The van der Waals surface area contributed by atoms with Crippen molar-refractivity contribution in [1.29, 1.82) is 0 Å². The molecule has 4 aromatic rings. The van der Waals surface area contributed by atoms with Crippen molar-refractivity contribution in [2.24, 2.45) is 23.7 Å². The zero-order valence-corrected chi connectivity index (χ0v) is 24.8. The van der Waals surface area contributed by atoms with Crippen LogP contribution in [0.5, 0.6) is 11.5 Å². The fourth-order valence-corrected chi connectivity index (χ4v) is 7.49. The first-order valence-electron chi connectivity index (χ1n) is 14.5. The maximum Gasteiger partial charge on any atom is 0.127 e. The van der Waals surface area contributed by atoms with Crippen molar-refractivity contribution < 1.29 is 29.9 Å². The molecule has 0 atom stereocenters. The second-order valence-electron chi connectivity index (χ2n) is 11.6.